The minimum absolute atomic E-state index is 0.107. The van der Waals surface area contributed by atoms with Crippen molar-refractivity contribution in [3.05, 3.63) is 6.33 Å². The van der Waals surface area contributed by atoms with E-state index in [-0.39, 0.29) is 12.1 Å². The van der Waals surface area contributed by atoms with E-state index < -0.39 is 0 Å². The average Bonchev–Trinajstić information content (AvgIpc) is 2.72. The smallest absolute Gasteiger partial charge is 0.202 e. The highest BCUT2D eigenvalue weighted by atomic mass is 32.1. The lowest BCUT2D eigenvalue weighted by molar-refractivity contribution is 0.0380. The second-order valence-corrected chi connectivity index (χ2v) is 4.20. The van der Waals surface area contributed by atoms with Gasteiger partial charge in [0.05, 0.1) is 12.1 Å². The lowest BCUT2D eigenvalue weighted by Gasteiger charge is -2.35. The van der Waals surface area contributed by atoms with E-state index in [1.54, 1.807) is 0 Å². The van der Waals surface area contributed by atoms with Crippen molar-refractivity contribution < 1.29 is 9.84 Å². The SMILES string of the molecule is OCC1(Nc2ncns2)CCOCC1. The van der Waals surface area contributed by atoms with Crippen LogP contribution in [0.4, 0.5) is 5.13 Å². The highest BCUT2D eigenvalue weighted by molar-refractivity contribution is 7.09. The van der Waals surface area contributed by atoms with E-state index in [9.17, 15) is 5.11 Å². The quantitative estimate of drug-likeness (QED) is 0.768. The van der Waals surface area contributed by atoms with Crippen molar-refractivity contribution in [3.8, 4) is 0 Å². The largest absolute Gasteiger partial charge is 0.394 e. The third-order valence-corrected chi connectivity index (χ3v) is 3.07. The fraction of sp³-hybridized carbons (Fsp3) is 0.750. The molecule has 78 valence electrons. The molecule has 5 nitrogen and oxygen atoms in total. The third kappa shape index (κ3) is 2.02. The molecule has 0 saturated carbocycles. The predicted octanol–water partition coefficient (Wildman–Crippen LogP) is 0.492. The van der Waals surface area contributed by atoms with Crippen LogP contribution in [0.15, 0.2) is 6.33 Å². The maximum absolute atomic E-state index is 9.38. The second-order valence-electron chi connectivity index (χ2n) is 3.42. The van der Waals surface area contributed by atoms with Crippen molar-refractivity contribution in [1.82, 2.24) is 9.36 Å². The number of ether oxygens (including phenoxy) is 1. The fourth-order valence-electron chi connectivity index (χ4n) is 1.54. The van der Waals surface area contributed by atoms with Gasteiger partial charge in [0.2, 0.25) is 5.13 Å². The molecule has 1 aromatic heterocycles. The number of hydrogen-bond donors (Lipinski definition) is 2. The minimum atomic E-state index is -0.266. The number of anilines is 1. The third-order valence-electron chi connectivity index (χ3n) is 2.49. The summed E-state index contributed by atoms with van der Waals surface area (Å²) in [6, 6.07) is 0. The Morgan fingerprint density at radius 3 is 2.93 bits per heavy atom. The standard InChI is InChI=1S/C8H13N3O2S/c12-5-8(1-3-13-4-2-8)11-7-9-6-10-14-7/h6,12H,1-5H2,(H,9,10,11). The van der Waals surface area contributed by atoms with Crippen molar-refractivity contribution in [2.24, 2.45) is 0 Å². The van der Waals surface area contributed by atoms with Crippen molar-refractivity contribution in [1.29, 1.82) is 0 Å². The summed E-state index contributed by atoms with van der Waals surface area (Å²) in [5.74, 6) is 0. The number of aromatic nitrogens is 2. The Morgan fingerprint density at radius 1 is 1.57 bits per heavy atom. The molecule has 0 radical (unpaired) electrons. The van der Waals surface area contributed by atoms with Gasteiger partial charge in [-0.15, -0.1) is 0 Å². The molecule has 0 bridgehead atoms. The topological polar surface area (TPSA) is 67.3 Å². The van der Waals surface area contributed by atoms with Crippen molar-refractivity contribution >= 4 is 16.7 Å². The molecular formula is C8H13N3O2S. The summed E-state index contributed by atoms with van der Waals surface area (Å²) in [4.78, 5) is 4.05. The van der Waals surface area contributed by atoms with Crippen LogP contribution < -0.4 is 5.32 Å². The number of nitrogens with one attached hydrogen (secondary N) is 1. The fourth-order valence-corrected chi connectivity index (χ4v) is 2.09. The Hall–Kier alpha value is -0.720. The van der Waals surface area contributed by atoms with Gasteiger partial charge in [-0.3, -0.25) is 0 Å². The van der Waals surface area contributed by atoms with Gasteiger partial charge >= 0.3 is 0 Å². The number of nitrogens with zero attached hydrogens (tertiary/aromatic N) is 2. The van der Waals surface area contributed by atoms with Crippen LogP contribution >= 0.6 is 11.5 Å². The number of aliphatic hydroxyl groups is 1. The van der Waals surface area contributed by atoms with E-state index in [1.807, 2.05) is 0 Å². The van der Waals surface area contributed by atoms with Gasteiger partial charge in [0, 0.05) is 24.7 Å². The molecule has 14 heavy (non-hydrogen) atoms. The first-order valence-electron chi connectivity index (χ1n) is 4.58. The van der Waals surface area contributed by atoms with E-state index in [2.05, 4.69) is 14.7 Å². The van der Waals surface area contributed by atoms with E-state index in [0.717, 1.165) is 18.0 Å². The molecule has 6 heteroatoms. The van der Waals surface area contributed by atoms with Crippen LogP contribution in [0.25, 0.3) is 0 Å². The van der Waals surface area contributed by atoms with Gasteiger partial charge < -0.3 is 15.2 Å². The van der Waals surface area contributed by atoms with Gasteiger partial charge in [-0.1, -0.05) is 0 Å². The molecule has 0 aliphatic carbocycles. The van der Waals surface area contributed by atoms with Crippen molar-refractivity contribution in [2.45, 2.75) is 18.4 Å². The number of rotatable bonds is 3. The van der Waals surface area contributed by atoms with E-state index in [4.69, 9.17) is 4.74 Å². The van der Waals surface area contributed by atoms with Crippen LogP contribution in [0.2, 0.25) is 0 Å². The Kier molecular flexibility index (Phi) is 2.95. The van der Waals surface area contributed by atoms with Gasteiger partial charge in [0.15, 0.2) is 0 Å². The Bertz CT molecular complexity index is 272. The van der Waals surface area contributed by atoms with Gasteiger partial charge in [-0.2, -0.15) is 4.37 Å². The summed E-state index contributed by atoms with van der Waals surface area (Å²) in [5, 5.41) is 13.4. The van der Waals surface area contributed by atoms with E-state index >= 15 is 0 Å². The zero-order valence-corrected chi connectivity index (χ0v) is 8.59. The Labute approximate surface area is 86.3 Å². The molecule has 2 heterocycles. The lowest BCUT2D eigenvalue weighted by Crippen LogP contribution is -2.46. The van der Waals surface area contributed by atoms with Crippen LogP contribution in [0.3, 0.4) is 0 Å². The molecule has 2 rings (SSSR count). The molecule has 1 aliphatic rings. The van der Waals surface area contributed by atoms with Gasteiger partial charge in [-0.05, 0) is 12.8 Å². The second kappa shape index (κ2) is 4.20. The van der Waals surface area contributed by atoms with Gasteiger partial charge in [-0.25, -0.2) is 4.98 Å². The first kappa shape index (κ1) is 9.82. The van der Waals surface area contributed by atoms with Crippen LogP contribution in [0, 0.1) is 0 Å². The van der Waals surface area contributed by atoms with Crippen LogP contribution in [-0.2, 0) is 4.74 Å². The molecule has 1 aliphatic heterocycles. The zero-order chi connectivity index (χ0) is 9.86. The maximum Gasteiger partial charge on any atom is 0.202 e. The summed E-state index contributed by atoms with van der Waals surface area (Å²) in [5.41, 5.74) is -0.266. The first-order valence-corrected chi connectivity index (χ1v) is 5.35. The molecule has 0 spiro atoms. The molecule has 0 amide bonds. The van der Waals surface area contributed by atoms with Crippen molar-refractivity contribution in [2.75, 3.05) is 25.1 Å². The number of aliphatic hydroxyl groups excluding tert-OH is 1. The Balaban J connectivity index is 2.04. The molecule has 2 N–H and O–H groups in total. The normalized spacial score (nSPS) is 20.6. The summed E-state index contributed by atoms with van der Waals surface area (Å²) in [7, 11) is 0. The highest BCUT2D eigenvalue weighted by Gasteiger charge is 2.32. The van der Waals surface area contributed by atoms with Crippen LogP contribution in [0.5, 0.6) is 0 Å². The van der Waals surface area contributed by atoms with Gasteiger partial charge in [0.1, 0.15) is 6.33 Å². The lowest BCUT2D eigenvalue weighted by atomic mass is 9.91. The van der Waals surface area contributed by atoms with Gasteiger partial charge in [0.25, 0.3) is 0 Å². The first-order chi connectivity index (χ1) is 6.85. The summed E-state index contributed by atoms with van der Waals surface area (Å²) in [6.07, 6.45) is 3.13. The predicted molar refractivity (Wildman–Crippen MR) is 53.4 cm³/mol. The molecule has 0 aromatic carbocycles. The molecule has 1 saturated heterocycles. The molecule has 1 aromatic rings. The zero-order valence-electron chi connectivity index (χ0n) is 7.77. The highest BCUT2D eigenvalue weighted by Crippen LogP contribution is 2.25. The maximum atomic E-state index is 9.38. The van der Waals surface area contributed by atoms with E-state index in [1.165, 1.54) is 17.9 Å². The molecule has 0 unspecified atom stereocenters. The van der Waals surface area contributed by atoms with Crippen LogP contribution in [0.1, 0.15) is 12.8 Å². The Morgan fingerprint density at radius 2 is 2.36 bits per heavy atom. The summed E-state index contributed by atoms with van der Waals surface area (Å²) in [6.45, 7) is 1.48. The van der Waals surface area contributed by atoms with E-state index in [0.29, 0.717) is 13.2 Å². The van der Waals surface area contributed by atoms with Crippen molar-refractivity contribution in [3.63, 3.8) is 0 Å². The van der Waals surface area contributed by atoms with Crippen LogP contribution in [-0.4, -0.2) is 39.8 Å². The molecular weight excluding hydrogens is 202 g/mol. The minimum Gasteiger partial charge on any atom is -0.394 e. The molecule has 0 atom stereocenters. The number of hydrogen-bond acceptors (Lipinski definition) is 6. The average molecular weight is 215 g/mol. The molecule has 1 fully saturated rings. The monoisotopic (exact) mass is 215 g/mol. The summed E-state index contributed by atoms with van der Waals surface area (Å²) >= 11 is 1.31. The summed E-state index contributed by atoms with van der Waals surface area (Å²) < 4.78 is 9.17.